The second-order valence-electron chi connectivity index (χ2n) is 8.95. The van der Waals surface area contributed by atoms with Crippen LogP contribution in [-0.4, -0.2) is 11.2 Å². The summed E-state index contributed by atoms with van der Waals surface area (Å²) in [6, 6.07) is 2.30. The van der Waals surface area contributed by atoms with Crippen molar-refractivity contribution >= 4 is 0 Å². The number of nitrogens with zero attached hydrogens (tertiary/aromatic N) is 1. The summed E-state index contributed by atoms with van der Waals surface area (Å²) < 4.78 is 0. The van der Waals surface area contributed by atoms with E-state index in [-0.39, 0.29) is 11.5 Å². The number of rotatable bonds is 0. The maximum absolute atomic E-state index is 10.1. The molecule has 1 N–H and O–H groups in total. The Morgan fingerprint density at radius 2 is 1.91 bits per heavy atom. The smallest absolute Gasteiger partial charge is 0.0911 e. The highest BCUT2D eigenvalue weighted by atomic mass is 16.3. The molecule has 0 saturated heterocycles. The first kappa shape index (κ1) is 15.5. The lowest BCUT2D eigenvalue weighted by molar-refractivity contribution is -0.0268. The predicted molar refractivity (Wildman–Crippen MR) is 91.4 cm³/mol. The van der Waals surface area contributed by atoms with Crippen LogP contribution < -0.4 is 0 Å². The molecule has 2 heteroatoms. The molecule has 4 rings (SSSR count). The lowest BCUT2D eigenvalue weighted by Crippen LogP contribution is -2.49. The summed E-state index contributed by atoms with van der Waals surface area (Å²) in [5.74, 6) is 2.32. The fourth-order valence-corrected chi connectivity index (χ4v) is 6.80. The number of allylic oxidation sites excluding steroid dienone is 3. The summed E-state index contributed by atoms with van der Waals surface area (Å²) >= 11 is 0. The van der Waals surface area contributed by atoms with Crippen molar-refractivity contribution in [1.82, 2.24) is 0 Å². The maximum Gasteiger partial charge on any atom is 0.0911 e. The van der Waals surface area contributed by atoms with Gasteiger partial charge >= 0.3 is 0 Å². The van der Waals surface area contributed by atoms with Crippen LogP contribution >= 0.6 is 0 Å². The van der Waals surface area contributed by atoms with Crippen LogP contribution in [0.4, 0.5) is 0 Å². The molecular formula is C21H29NO. The molecule has 3 saturated carbocycles. The van der Waals surface area contributed by atoms with Crippen molar-refractivity contribution in [3.05, 3.63) is 23.3 Å². The van der Waals surface area contributed by atoms with Crippen LogP contribution in [0, 0.1) is 39.9 Å². The molecule has 0 spiro atoms. The standard InChI is InChI=1S/C21H29NO/c1-20-11-8-19-17(18(20)6-4-14(20)9-12-22)5-3-15-13-16(23)7-10-21(15,19)2/h3,9,16-19,23H,4-8,10-11,13H2,1-2H3/b14-9+/t16-,17?,18?,19?,20+,21-/m0/s1. The van der Waals surface area contributed by atoms with E-state index in [9.17, 15) is 5.11 Å². The molecule has 0 bridgehead atoms. The molecule has 3 unspecified atom stereocenters. The molecule has 0 aliphatic heterocycles. The monoisotopic (exact) mass is 311 g/mol. The number of nitriles is 1. The fraction of sp³-hybridized carbons (Fsp3) is 0.762. The van der Waals surface area contributed by atoms with E-state index in [1.165, 1.54) is 31.3 Å². The average Bonchev–Trinajstić information content (AvgIpc) is 2.85. The van der Waals surface area contributed by atoms with Crippen LogP contribution in [0.15, 0.2) is 23.3 Å². The largest absolute Gasteiger partial charge is 0.393 e. The predicted octanol–water partition coefficient (Wildman–Crippen LogP) is 4.76. The Hall–Kier alpha value is -1.07. The zero-order chi connectivity index (χ0) is 16.2. The van der Waals surface area contributed by atoms with E-state index in [4.69, 9.17) is 5.26 Å². The minimum absolute atomic E-state index is 0.114. The summed E-state index contributed by atoms with van der Waals surface area (Å²) in [6.07, 6.45) is 13.4. The third-order valence-corrected chi connectivity index (χ3v) is 8.16. The van der Waals surface area contributed by atoms with Gasteiger partial charge in [-0.15, -0.1) is 0 Å². The number of hydrogen-bond donors (Lipinski definition) is 1. The number of fused-ring (bicyclic) bond motifs is 5. The molecule has 0 radical (unpaired) electrons. The highest BCUT2D eigenvalue weighted by molar-refractivity contribution is 5.31. The molecule has 0 aromatic heterocycles. The first-order valence-electron chi connectivity index (χ1n) is 9.46. The van der Waals surface area contributed by atoms with Gasteiger partial charge in [-0.2, -0.15) is 5.26 Å². The number of aliphatic hydroxyl groups excluding tert-OH is 1. The van der Waals surface area contributed by atoms with Crippen LogP contribution in [0.1, 0.15) is 65.2 Å². The van der Waals surface area contributed by atoms with E-state index in [0.717, 1.165) is 43.4 Å². The fourth-order valence-electron chi connectivity index (χ4n) is 6.80. The Morgan fingerprint density at radius 3 is 2.70 bits per heavy atom. The van der Waals surface area contributed by atoms with E-state index in [1.54, 1.807) is 5.57 Å². The number of aliphatic hydroxyl groups is 1. The Labute approximate surface area is 140 Å². The molecular weight excluding hydrogens is 282 g/mol. The number of hydrogen-bond acceptors (Lipinski definition) is 2. The van der Waals surface area contributed by atoms with Gasteiger partial charge in [0.15, 0.2) is 0 Å². The first-order chi connectivity index (χ1) is 11.0. The molecule has 0 aromatic carbocycles. The molecule has 0 heterocycles. The van der Waals surface area contributed by atoms with Gasteiger partial charge in [0.1, 0.15) is 0 Å². The summed E-state index contributed by atoms with van der Waals surface area (Å²) in [5.41, 5.74) is 3.56. The van der Waals surface area contributed by atoms with Gasteiger partial charge in [-0.05, 0) is 80.0 Å². The van der Waals surface area contributed by atoms with Crippen LogP contribution in [0.25, 0.3) is 0 Å². The SMILES string of the molecule is C[C@]12CC[C@H](O)CC1=CCC1C2CC[C@]2(C)/C(=C/C#N)CCC12. The molecule has 23 heavy (non-hydrogen) atoms. The van der Waals surface area contributed by atoms with E-state index in [1.807, 2.05) is 6.08 Å². The van der Waals surface area contributed by atoms with E-state index < -0.39 is 0 Å². The second kappa shape index (κ2) is 5.21. The Morgan fingerprint density at radius 1 is 1.17 bits per heavy atom. The lowest BCUT2D eigenvalue weighted by atomic mass is 9.48. The van der Waals surface area contributed by atoms with Crippen molar-refractivity contribution in [3.8, 4) is 6.07 Å². The summed E-state index contributed by atoms with van der Waals surface area (Å²) in [6.45, 7) is 4.90. The van der Waals surface area contributed by atoms with E-state index >= 15 is 0 Å². The van der Waals surface area contributed by atoms with E-state index in [2.05, 4.69) is 26.0 Å². The van der Waals surface area contributed by atoms with Gasteiger partial charge in [-0.25, -0.2) is 0 Å². The van der Waals surface area contributed by atoms with Gasteiger partial charge in [0.25, 0.3) is 0 Å². The second-order valence-corrected chi connectivity index (χ2v) is 8.95. The Kier molecular flexibility index (Phi) is 3.50. The van der Waals surface area contributed by atoms with Crippen LogP contribution in [0.2, 0.25) is 0 Å². The van der Waals surface area contributed by atoms with Crippen molar-refractivity contribution in [3.63, 3.8) is 0 Å². The van der Waals surface area contributed by atoms with Gasteiger partial charge in [-0.3, -0.25) is 0 Å². The topological polar surface area (TPSA) is 44.0 Å². The van der Waals surface area contributed by atoms with E-state index in [0.29, 0.717) is 5.41 Å². The van der Waals surface area contributed by atoms with Crippen molar-refractivity contribution in [2.75, 3.05) is 0 Å². The van der Waals surface area contributed by atoms with Gasteiger partial charge in [-0.1, -0.05) is 31.1 Å². The average molecular weight is 311 g/mol. The molecule has 124 valence electrons. The van der Waals surface area contributed by atoms with Crippen molar-refractivity contribution in [2.45, 2.75) is 71.3 Å². The maximum atomic E-state index is 10.1. The zero-order valence-corrected chi connectivity index (χ0v) is 14.5. The summed E-state index contributed by atoms with van der Waals surface area (Å²) in [7, 11) is 0. The highest BCUT2D eigenvalue weighted by Gasteiger charge is 2.57. The van der Waals surface area contributed by atoms with Gasteiger partial charge < -0.3 is 5.11 Å². The van der Waals surface area contributed by atoms with Crippen LogP contribution in [-0.2, 0) is 0 Å². The first-order valence-corrected chi connectivity index (χ1v) is 9.46. The normalized spacial score (nSPS) is 50.5. The van der Waals surface area contributed by atoms with Crippen LogP contribution in [0.5, 0.6) is 0 Å². The molecule has 0 amide bonds. The summed E-state index contributed by atoms with van der Waals surface area (Å²) in [4.78, 5) is 0. The molecule has 4 aliphatic carbocycles. The molecule has 6 atom stereocenters. The minimum atomic E-state index is -0.114. The van der Waals surface area contributed by atoms with Crippen LogP contribution in [0.3, 0.4) is 0 Å². The van der Waals surface area contributed by atoms with Crippen molar-refractivity contribution in [2.24, 2.45) is 28.6 Å². The third-order valence-electron chi connectivity index (χ3n) is 8.16. The quantitative estimate of drug-likeness (QED) is 0.518. The zero-order valence-electron chi connectivity index (χ0n) is 14.5. The Bertz CT molecular complexity index is 612. The van der Waals surface area contributed by atoms with Gasteiger partial charge in [0, 0.05) is 6.08 Å². The van der Waals surface area contributed by atoms with Gasteiger partial charge in [0.05, 0.1) is 12.2 Å². The van der Waals surface area contributed by atoms with Crippen molar-refractivity contribution in [1.29, 1.82) is 5.26 Å². The van der Waals surface area contributed by atoms with Crippen molar-refractivity contribution < 1.29 is 5.11 Å². The third kappa shape index (κ3) is 2.09. The molecule has 3 fully saturated rings. The molecule has 0 aromatic rings. The Balaban J connectivity index is 1.68. The van der Waals surface area contributed by atoms with Gasteiger partial charge in [0.2, 0.25) is 0 Å². The summed E-state index contributed by atoms with van der Waals surface area (Å²) in [5, 5.41) is 19.2. The molecule has 4 aliphatic rings. The minimum Gasteiger partial charge on any atom is -0.393 e. The lowest BCUT2D eigenvalue weighted by Gasteiger charge is -2.57. The highest BCUT2D eigenvalue weighted by Crippen LogP contribution is 2.66. The molecule has 2 nitrogen and oxygen atoms in total.